The fraction of sp³-hybridized carbons (Fsp3) is 0.588. The number of amides is 2. The number of hydrogen-bond donors (Lipinski definition) is 3. The molecule has 0 atom stereocenters. The lowest BCUT2D eigenvalue weighted by Gasteiger charge is -2.46. The SMILES string of the molecule is Cc1c(Cl)cccc1NC(=O)NC1CC(C)(C)NC(C)(C)C1. The minimum Gasteiger partial charge on any atom is -0.335 e. The summed E-state index contributed by atoms with van der Waals surface area (Å²) in [6.07, 6.45) is 1.80. The molecule has 1 fully saturated rings. The summed E-state index contributed by atoms with van der Waals surface area (Å²) in [5, 5.41) is 10.3. The van der Waals surface area contributed by atoms with Gasteiger partial charge in [0, 0.05) is 27.8 Å². The first-order chi connectivity index (χ1) is 10.1. The summed E-state index contributed by atoms with van der Waals surface area (Å²) in [5.41, 5.74) is 1.64. The van der Waals surface area contributed by atoms with Crippen molar-refractivity contribution in [1.29, 1.82) is 0 Å². The number of hydrogen-bond acceptors (Lipinski definition) is 2. The third kappa shape index (κ3) is 4.37. The summed E-state index contributed by atoms with van der Waals surface area (Å²) < 4.78 is 0. The van der Waals surface area contributed by atoms with Crippen molar-refractivity contribution in [2.45, 2.75) is 64.6 Å². The fourth-order valence-corrected chi connectivity index (χ4v) is 3.69. The van der Waals surface area contributed by atoms with Crippen molar-refractivity contribution in [3.63, 3.8) is 0 Å². The maximum absolute atomic E-state index is 12.3. The van der Waals surface area contributed by atoms with Gasteiger partial charge in [-0.25, -0.2) is 4.79 Å². The highest BCUT2D eigenvalue weighted by Crippen LogP contribution is 2.28. The van der Waals surface area contributed by atoms with Gasteiger partial charge in [0.15, 0.2) is 0 Å². The lowest BCUT2D eigenvalue weighted by molar-refractivity contribution is 0.149. The Morgan fingerprint density at radius 1 is 1.23 bits per heavy atom. The molecule has 0 radical (unpaired) electrons. The van der Waals surface area contributed by atoms with Gasteiger partial charge in [0.2, 0.25) is 0 Å². The summed E-state index contributed by atoms with van der Waals surface area (Å²) in [7, 11) is 0. The van der Waals surface area contributed by atoms with Crippen LogP contribution in [0.2, 0.25) is 5.02 Å². The molecular weight excluding hydrogens is 298 g/mol. The zero-order chi connectivity index (χ0) is 16.5. The highest BCUT2D eigenvalue weighted by molar-refractivity contribution is 6.31. The molecule has 1 heterocycles. The molecule has 0 bridgehead atoms. The number of carbonyl (C=O) groups excluding carboxylic acids is 1. The third-order valence-electron chi connectivity index (χ3n) is 4.04. The van der Waals surface area contributed by atoms with Crippen LogP contribution < -0.4 is 16.0 Å². The van der Waals surface area contributed by atoms with Gasteiger partial charge in [-0.05, 0) is 65.2 Å². The first kappa shape index (κ1) is 17.1. The molecule has 1 aromatic carbocycles. The minimum atomic E-state index is -0.177. The molecule has 4 nitrogen and oxygen atoms in total. The fourth-order valence-electron chi connectivity index (χ4n) is 3.51. The van der Waals surface area contributed by atoms with E-state index in [1.54, 1.807) is 0 Å². The Morgan fingerprint density at radius 2 is 1.82 bits per heavy atom. The Bertz CT molecular complexity index is 553. The average molecular weight is 324 g/mol. The molecule has 0 aliphatic carbocycles. The van der Waals surface area contributed by atoms with Crippen LogP contribution in [-0.4, -0.2) is 23.2 Å². The molecule has 0 spiro atoms. The maximum atomic E-state index is 12.3. The van der Waals surface area contributed by atoms with Crippen LogP contribution in [0.3, 0.4) is 0 Å². The molecule has 0 aromatic heterocycles. The molecule has 2 rings (SSSR count). The smallest absolute Gasteiger partial charge is 0.319 e. The molecule has 122 valence electrons. The van der Waals surface area contributed by atoms with Crippen molar-refractivity contribution in [3.05, 3.63) is 28.8 Å². The van der Waals surface area contributed by atoms with Gasteiger partial charge in [0.05, 0.1) is 0 Å². The predicted molar refractivity (Wildman–Crippen MR) is 92.7 cm³/mol. The number of carbonyl (C=O) groups is 1. The lowest BCUT2D eigenvalue weighted by atomic mass is 9.80. The van der Waals surface area contributed by atoms with Crippen LogP contribution in [0.25, 0.3) is 0 Å². The molecule has 1 aromatic rings. The molecule has 3 N–H and O–H groups in total. The predicted octanol–water partition coefficient (Wildman–Crippen LogP) is 4.08. The number of rotatable bonds is 2. The highest BCUT2D eigenvalue weighted by Gasteiger charge is 2.38. The van der Waals surface area contributed by atoms with Crippen molar-refractivity contribution in [3.8, 4) is 0 Å². The van der Waals surface area contributed by atoms with Gasteiger partial charge >= 0.3 is 6.03 Å². The molecule has 1 saturated heterocycles. The molecule has 1 aliphatic rings. The topological polar surface area (TPSA) is 53.2 Å². The normalized spacial score (nSPS) is 20.5. The zero-order valence-corrected chi connectivity index (χ0v) is 14.8. The largest absolute Gasteiger partial charge is 0.335 e. The molecule has 0 saturated carbocycles. The molecular formula is C17H26ClN3O. The quantitative estimate of drug-likeness (QED) is 0.768. The molecule has 1 aliphatic heterocycles. The monoisotopic (exact) mass is 323 g/mol. The van der Waals surface area contributed by atoms with Crippen molar-refractivity contribution >= 4 is 23.3 Å². The first-order valence-electron chi connectivity index (χ1n) is 7.70. The second-order valence-corrected chi connectivity index (χ2v) is 7.92. The number of benzene rings is 1. The van der Waals surface area contributed by atoms with Gasteiger partial charge < -0.3 is 16.0 Å². The first-order valence-corrected chi connectivity index (χ1v) is 8.08. The van der Waals surface area contributed by atoms with E-state index in [0.717, 1.165) is 24.1 Å². The van der Waals surface area contributed by atoms with E-state index in [2.05, 4.69) is 43.6 Å². The Kier molecular flexibility index (Phi) is 4.73. The van der Waals surface area contributed by atoms with E-state index in [4.69, 9.17) is 11.6 Å². The molecule has 22 heavy (non-hydrogen) atoms. The Hall–Kier alpha value is -1.26. The Balaban J connectivity index is 2.01. The van der Waals surface area contributed by atoms with Crippen molar-refractivity contribution in [2.24, 2.45) is 0 Å². The van der Waals surface area contributed by atoms with E-state index in [1.807, 2.05) is 25.1 Å². The number of halogens is 1. The average Bonchev–Trinajstić information content (AvgIpc) is 2.30. The summed E-state index contributed by atoms with van der Waals surface area (Å²) >= 11 is 6.08. The number of piperidine rings is 1. The summed E-state index contributed by atoms with van der Waals surface area (Å²) in [5.74, 6) is 0. The summed E-state index contributed by atoms with van der Waals surface area (Å²) in [6, 6.07) is 5.48. The summed E-state index contributed by atoms with van der Waals surface area (Å²) in [4.78, 5) is 12.3. The van der Waals surface area contributed by atoms with Crippen LogP contribution in [-0.2, 0) is 0 Å². The van der Waals surface area contributed by atoms with Crippen LogP contribution in [0, 0.1) is 6.92 Å². The van der Waals surface area contributed by atoms with Gasteiger partial charge in [0.1, 0.15) is 0 Å². The summed E-state index contributed by atoms with van der Waals surface area (Å²) in [6.45, 7) is 10.6. The standard InChI is InChI=1S/C17H26ClN3O/c1-11-13(18)7-6-8-14(11)20-15(22)19-12-9-16(2,3)21-17(4,5)10-12/h6-8,12,21H,9-10H2,1-5H3,(H2,19,20,22). The van der Waals surface area contributed by atoms with Gasteiger partial charge in [-0.1, -0.05) is 17.7 Å². The zero-order valence-electron chi connectivity index (χ0n) is 14.0. The molecule has 2 amide bonds. The minimum absolute atomic E-state index is 0.00562. The Labute approximate surface area is 138 Å². The van der Waals surface area contributed by atoms with Crippen molar-refractivity contribution in [2.75, 3.05) is 5.32 Å². The van der Waals surface area contributed by atoms with E-state index >= 15 is 0 Å². The third-order valence-corrected chi connectivity index (χ3v) is 4.45. The van der Waals surface area contributed by atoms with E-state index in [9.17, 15) is 4.79 Å². The molecule has 0 unspecified atom stereocenters. The van der Waals surface area contributed by atoms with Crippen LogP contribution in [0.15, 0.2) is 18.2 Å². The van der Waals surface area contributed by atoms with Gasteiger partial charge in [0.25, 0.3) is 0 Å². The van der Waals surface area contributed by atoms with Crippen LogP contribution in [0.5, 0.6) is 0 Å². The second-order valence-electron chi connectivity index (χ2n) is 7.51. The van der Waals surface area contributed by atoms with Crippen LogP contribution >= 0.6 is 11.6 Å². The van der Waals surface area contributed by atoms with Crippen LogP contribution in [0.1, 0.15) is 46.1 Å². The van der Waals surface area contributed by atoms with E-state index in [1.165, 1.54) is 0 Å². The number of nitrogens with one attached hydrogen (secondary N) is 3. The molecule has 5 heteroatoms. The van der Waals surface area contributed by atoms with Gasteiger partial charge in [-0.2, -0.15) is 0 Å². The maximum Gasteiger partial charge on any atom is 0.319 e. The van der Waals surface area contributed by atoms with E-state index < -0.39 is 0 Å². The number of urea groups is 1. The lowest BCUT2D eigenvalue weighted by Crippen LogP contribution is -2.62. The highest BCUT2D eigenvalue weighted by atomic mass is 35.5. The Morgan fingerprint density at radius 3 is 2.41 bits per heavy atom. The number of anilines is 1. The van der Waals surface area contributed by atoms with E-state index in [-0.39, 0.29) is 23.2 Å². The van der Waals surface area contributed by atoms with Gasteiger partial charge in [-0.15, -0.1) is 0 Å². The van der Waals surface area contributed by atoms with Gasteiger partial charge in [-0.3, -0.25) is 0 Å². The van der Waals surface area contributed by atoms with Crippen molar-refractivity contribution in [1.82, 2.24) is 10.6 Å². The van der Waals surface area contributed by atoms with Crippen molar-refractivity contribution < 1.29 is 4.79 Å². The van der Waals surface area contributed by atoms with Crippen LogP contribution in [0.4, 0.5) is 10.5 Å². The van der Waals surface area contributed by atoms with E-state index in [0.29, 0.717) is 5.02 Å². The second kappa shape index (κ2) is 6.09.